The summed E-state index contributed by atoms with van der Waals surface area (Å²) in [6.07, 6.45) is 5.09. The second-order valence-electron chi connectivity index (χ2n) is 4.53. The Morgan fingerprint density at radius 3 is 2.71 bits per heavy atom. The lowest BCUT2D eigenvalue weighted by atomic mass is 9.86. The van der Waals surface area contributed by atoms with Crippen LogP contribution in [0.2, 0.25) is 0 Å². The Bertz CT molecular complexity index is 411. The maximum absolute atomic E-state index is 12.0. The number of nitrogens with zero attached hydrogens (tertiary/aromatic N) is 2. The van der Waals surface area contributed by atoms with Crippen molar-refractivity contribution in [3.8, 4) is 6.07 Å². The Labute approximate surface area is 101 Å². The molecule has 0 saturated heterocycles. The number of hydrogen-bond donors (Lipinski definition) is 0. The van der Waals surface area contributed by atoms with Gasteiger partial charge >= 0.3 is 0 Å². The molecule has 0 atom stereocenters. The molecule has 0 N–H and O–H groups in total. The van der Waals surface area contributed by atoms with E-state index in [1.807, 2.05) is 7.05 Å². The van der Waals surface area contributed by atoms with Crippen LogP contribution in [0.5, 0.6) is 0 Å². The van der Waals surface area contributed by atoms with E-state index in [1.165, 1.54) is 6.26 Å². The average Bonchev–Trinajstić information content (AvgIpc) is 2.91. The van der Waals surface area contributed by atoms with Crippen LogP contribution in [0.15, 0.2) is 22.8 Å². The van der Waals surface area contributed by atoms with Crippen LogP contribution in [0.4, 0.5) is 0 Å². The van der Waals surface area contributed by atoms with Gasteiger partial charge in [-0.15, -0.1) is 0 Å². The first kappa shape index (κ1) is 11.7. The van der Waals surface area contributed by atoms with Crippen LogP contribution in [-0.2, 0) is 0 Å². The molecule has 0 spiro atoms. The summed E-state index contributed by atoms with van der Waals surface area (Å²) in [5.74, 6) is 0.476. The first-order valence-electron chi connectivity index (χ1n) is 5.92. The summed E-state index contributed by atoms with van der Waals surface area (Å²) in [7, 11) is 1.81. The number of rotatable bonds is 2. The molecule has 1 saturated carbocycles. The fourth-order valence-corrected chi connectivity index (χ4v) is 2.33. The van der Waals surface area contributed by atoms with Gasteiger partial charge in [-0.1, -0.05) is 0 Å². The van der Waals surface area contributed by atoms with Gasteiger partial charge in [-0.3, -0.25) is 4.79 Å². The van der Waals surface area contributed by atoms with Gasteiger partial charge in [-0.25, -0.2) is 0 Å². The molecule has 1 aromatic heterocycles. The Hall–Kier alpha value is -1.76. The van der Waals surface area contributed by atoms with E-state index in [4.69, 9.17) is 9.68 Å². The predicted octanol–water partition coefficient (Wildman–Crippen LogP) is 2.43. The summed E-state index contributed by atoms with van der Waals surface area (Å²) in [6.45, 7) is 0. The van der Waals surface area contributed by atoms with Gasteiger partial charge in [-0.05, 0) is 37.8 Å². The van der Waals surface area contributed by atoms with Gasteiger partial charge in [0.05, 0.1) is 12.3 Å². The summed E-state index contributed by atoms with van der Waals surface area (Å²) in [5, 5.41) is 8.83. The highest BCUT2D eigenvalue weighted by atomic mass is 16.3. The smallest absolute Gasteiger partial charge is 0.289 e. The summed E-state index contributed by atoms with van der Waals surface area (Å²) < 4.78 is 5.11. The van der Waals surface area contributed by atoms with Crippen molar-refractivity contribution < 1.29 is 9.21 Å². The minimum absolute atomic E-state index is 0.0737. The van der Waals surface area contributed by atoms with Gasteiger partial charge < -0.3 is 9.32 Å². The van der Waals surface area contributed by atoms with E-state index in [0.29, 0.717) is 5.76 Å². The van der Waals surface area contributed by atoms with Crippen molar-refractivity contribution in [1.29, 1.82) is 5.26 Å². The second-order valence-corrected chi connectivity index (χ2v) is 4.53. The van der Waals surface area contributed by atoms with Crippen molar-refractivity contribution in [2.75, 3.05) is 7.05 Å². The van der Waals surface area contributed by atoms with Crippen molar-refractivity contribution in [2.24, 2.45) is 5.92 Å². The van der Waals surface area contributed by atoms with Gasteiger partial charge in [0, 0.05) is 19.0 Å². The molecule has 2 rings (SSSR count). The van der Waals surface area contributed by atoms with Crippen molar-refractivity contribution in [3.05, 3.63) is 24.2 Å². The highest BCUT2D eigenvalue weighted by Crippen LogP contribution is 2.27. The van der Waals surface area contributed by atoms with E-state index in [1.54, 1.807) is 17.0 Å². The molecule has 0 unspecified atom stereocenters. The first-order chi connectivity index (χ1) is 8.22. The van der Waals surface area contributed by atoms with Gasteiger partial charge in [0.2, 0.25) is 0 Å². The Kier molecular flexibility index (Phi) is 3.48. The predicted molar refractivity (Wildman–Crippen MR) is 62.2 cm³/mol. The molecular formula is C13H16N2O2. The average molecular weight is 232 g/mol. The van der Waals surface area contributed by atoms with Crippen LogP contribution in [0.3, 0.4) is 0 Å². The van der Waals surface area contributed by atoms with Gasteiger partial charge in [-0.2, -0.15) is 5.26 Å². The van der Waals surface area contributed by atoms with Crippen LogP contribution in [-0.4, -0.2) is 23.9 Å². The molecule has 4 heteroatoms. The summed E-state index contributed by atoms with van der Waals surface area (Å²) >= 11 is 0. The molecule has 0 aliphatic heterocycles. The normalized spacial score (nSPS) is 24.0. The van der Waals surface area contributed by atoms with Crippen LogP contribution in [0, 0.1) is 17.2 Å². The molecular weight excluding hydrogens is 216 g/mol. The van der Waals surface area contributed by atoms with E-state index < -0.39 is 0 Å². The van der Waals surface area contributed by atoms with Crippen molar-refractivity contribution >= 4 is 5.91 Å². The molecule has 1 aromatic rings. The molecule has 0 aromatic carbocycles. The standard InChI is InChI=1S/C13H16N2O2/c1-15(13(16)12-3-2-8-17-12)11-6-4-10(9-14)5-7-11/h2-3,8,10-11H,4-7H2,1H3. The summed E-state index contributed by atoms with van der Waals surface area (Å²) in [6, 6.07) is 5.93. The maximum Gasteiger partial charge on any atom is 0.289 e. The molecule has 0 bridgehead atoms. The highest BCUT2D eigenvalue weighted by Gasteiger charge is 2.27. The Morgan fingerprint density at radius 2 is 2.18 bits per heavy atom. The van der Waals surface area contributed by atoms with E-state index in [0.717, 1.165) is 25.7 Å². The molecule has 4 nitrogen and oxygen atoms in total. The van der Waals surface area contributed by atoms with E-state index >= 15 is 0 Å². The number of carbonyl (C=O) groups excluding carboxylic acids is 1. The van der Waals surface area contributed by atoms with E-state index in [2.05, 4.69) is 6.07 Å². The van der Waals surface area contributed by atoms with Crippen LogP contribution < -0.4 is 0 Å². The third kappa shape index (κ3) is 2.50. The number of carbonyl (C=O) groups is 1. The minimum atomic E-state index is -0.0737. The number of hydrogen-bond acceptors (Lipinski definition) is 3. The quantitative estimate of drug-likeness (QED) is 0.786. The fourth-order valence-electron chi connectivity index (χ4n) is 2.33. The number of amides is 1. The van der Waals surface area contributed by atoms with Crippen molar-refractivity contribution in [2.45, 2.75) is 31.7 Å². The fraction of sp³-hybridized carbons (Fsp3) is 0.538. The monoisotopic (exact) mass is 232 g/mol. The molecule has 17 heavy (non-hydrogen) atoms. The Balaban J connectivity index is 1.95. The first-order valence-corrected chi connectivity index (χ1v) is 5.92. The lowest BCUT2D eigenvalue weighted by molar-refractivity contribution is 0.0654. The third-order valence-corrected chi connectivity index (χ3v) is 3.48. The minimum Gasteiger partial charge on any atom is -0.459 e. The highest BCUT2D eigenvalue weighted by molar-refractivity contribution is 5.91. The van der Waals surface area contributed by atoms with Crippen molar-refractivity contribution in [3.63, 3.8) is 0 Å². The molecule has 1 fully saturated rings. The van der Waals surface area contributed by atoms with E-state index in [-0.39, 0.29) is 17.9 Å². The topological polar surface area (TPSA) is 57.2 Å². The van der Waals surface area contributed by atoms with Gasteiger partial charge in [0.25, 0.3) is 5.91 Å². The van der Waals surface area contributed by atoms with Crippen LogP contribution in [0.1, 0.15) is 36.2 Å². The lowest BCUT2D eigenvalue weighted by Gasteiger charge is -2.32. The zero-order valence-electron chi connectivity index (χ0n) is 9.93. The lowest BCUT2D eigenvalue weighted by Crippen LogP contribution is -2.39. The zero-order valence-corrected chi connectivity index (χ0v) is 9.93. The second kappa shape index (κ2) is 5.05. The maximum atomic E-state index is 12.0. The van der Waals surface area contributed by atoms with Crippen LogP contribution >= 0.6 is 0 Å². The Morgan fingerprint density at radius 1 is 1.47 bits per heavy atom. The number of nitriles is 1. The summed E-state index contributed by atoms with van der Waals surface area (Å²) in [4.78, 5) is 13.8. The van der Waals surface area contributed by atoms with Gasteiger partial charge in [0.1, 0.15) is 0 Å². The largest absolute Gasteiger partial charge is 0.459 e. The molecule has 0 radical (unpaired) electrons. The zero-order chi connectivity index (χ0) is 12.3. The molecule has 1 amide bonds. The SMILES string of the molecule is CN(C(=O)c1ccco1)C1CCC(C#N)CC1. The van der Waals surface area contributed by atoms with E-state index in [9.17, 15) is 4.79 Å². The van der Waals surface area contributed by atoms with Crippen molar-refractivity contribution in [1.82, 2.24) is 4.90 Å². The molecule has 1 aliphatic rings. The number of furan rings is 1. The summed E-state index contributed by atoms with van der Waals surface area (Å²) in [5.41, 5.74) is 0. The third-order valence-electron chi connectivity index (χ3n) is 3.48. The van der Waals surface area contributed by atoms with Gasteiger partial charge in [0.15, 0.2) is 5.76 Å². The molecule has 90 valence electrons. The molecule has 1 heterocycles. The van der Waals surface area contributed by atoms with Crippen LogP contribution in [0.25, 0.3) is 0 Å². The molecule has 1 aliphatic carbocycles.